The molecule has 1 aromatic carbocycles. The molecule has 9 nitrogen and oxygen atoms in total. The van der Waals surface area contributed by atoms with Crippen molar-refractivity contribution >= 4 is 23.1 Å². The molecule has 4 aromatic rings. The zero-order valence-corrected chi connectivity index (χ0v) is 17.7. The third-order valence-electron chi connectivity index (χ3n) is 6.67. The van der Waals surface area contributed by atoms with Gasteiger partial charge in [0.15, 0.2) is 5.65 Å². The molecule has 1 saturated heterocycles. The standard InChI is InChI=1S/C23H21N7O2/c1-14-11-25-19-15(12-26-30(19)13-14)21(31)29-9-7-23(18(29)20-24-8-10-28(20)2)16-5-3-4-6-17(16)27-22(23)32/h3-6,8,10-13,18H,7,9H2,1-2H3,(H,27,32)/t18-,23+/m0/s1. The van der Waals surface area contributed by atoms with Gasteiger partial charge in [-0.1, -0.05) is 18.2 Å². The zero-order chi connectivity index (χ0) is 22.0. The number of likely N-dealkylation sites (tertiary alicyclic amines) is 1. The van der Waals surface area contributed by atoms with Gasteiger partial charge in [-0.15, -0.1) is 0 Å². The molecule has 1 fully saturated rings. The SMILES string of the molecule is Cc1cnc2c(C(=O)N3CC[C@]4(C(=O)Nc5ccccc54)[C@@H]3c3nccn3C)cnn2c1. The van der Waals surface area contributed by atoms with Crippen molar-refractivity contribution in [1.82, 2.24) is 29.0 Å². The first-order valence-corrected chi connectivity index (χ1v) is 10.5. The van der Waals surface area contributed by atoms with Crippen molar-refractivity contribution in [3.63, 3.8) is 0 Å². The average molecular weight is 427 g/mol. The fourth-order valence-electron chi connectivity index (χ4n) is 5.18. The van der Waals surface area contributed by atoms with Crippen molar-refractivity contribution in [2.75, 3.05) is 11.9 Å². The first-order chi connectivity index (χ1) is 15.5. The average Bonchev–Trinajstić information content (AvgIpc) is 3.54. The van der Waals surface area contributed by atoms with E-state index in [-0.39, 0.29) is 11.8 Å². The third-order valence-corrected chi connectivity index (χ3v) is 6.67. The van der Waals surface area contributed by atoms with Crippen LogP contribution in [-0.4, -0.2) is 47.4 Å². The van der Waals surface area contributed by atoms with Crippen molar-refractivity contribution in [2.24, 2.45) is 7.05 Å². The summed E-state index contributed by atoms with van der Waals surface area (Å²) in [5.41, 5.74) is 2.65. The lowest BCUT2D eigenvalue weighted by atomic mass is 9.74. The van der Waals surface area contributed by atoms with Crippen molar-refractivity contribution in [2.45, 2.75) is 24.8 Å². The number of amides is 2. The number of nitrogens with one attached hydrogen (secondary N) is 1. The van der Waals surface area contributed by atoms with Crippen LogP contribution >= 0.6 is 0 Å². The van der Waals surface area contributed by atoms with E-state index in [0.717, 1.165) is 16.8 Å². The Hall–Kier alpha value is -4.01. The summed E-state index contributed by atoms with van der Waals surface area (Å²) in [6.45, 7) is 2.34. The highest BCUT2D eigenvalue weighted by Gasteiger charge is 2.60. The van der Waals surface area contributed by atoms with E-state index in [0.29, 0.717) is 30.0 Å². The molecule has 0 radical (unpaired) electrons. The molecule has 3 aromatic heterocycles. The van der Waals surface area contributed by atoms with E-state index in [1.807, 2.05) is 55.2 Å². The molecular formula is C23H21N7O2. The first kappa shape index (κ1) is 18.7. The highest BCUT2D eigenvalue weighted by Crippen LogP contribution is 2.54. The molecule has 0 bridgehead atoms. The molecule has 9 heteroatoms. The highest BCUT2D eigenvalue weighted by molar-refractivity contribution is 6.08. The summed E-state index contributed by atoms with van der Waals surface area (Å²) in [6, 6.07) is 7.14. The quantitative estimate of drug-likeness (QED) is 0.529. The largest absolute Gasteiger partial charge is 0.336 e. The summed E-state index contributed by atoms with van der Waals surface area (Å²) in [7, 11) is 1.88. The fourth-order valence-corrected chi connectivity index (χ4v) is 5.18. The summed E-state index contributed by atoms with van der Waals surface area (Å²) in [5.74, 6) is 0.358. The molecule has 2 amide bonds. The molecule has 0 aliphatic carbocycles. The molecule has 5 heterocycles. The van der Waals surface area contributed by atoms with Crippen LogP contribution in [0.2, 0.25) is 0 Å². The smallest absolute Gasteiger partial charge is 0.260 e. The summed E-state index contributed by atoms with van der Waals surface area (Å²) < 4.78 is 3.49. The molecule has 2 atom stereocenters. The van der Waals surface area contributed by atoms with Gasteiger partial charge in [-0.05, 0) is 30.5 Å². The number of fused-ring (bicyclic) bond motifs is 3. The number of nitrogens with zero attached hydrogens (tertiary/aromatic N) is 6. The molecule has 160 valence electrons. The second kappa shape index (κ2) is 6.49. The maximum Gasteiger partial charge on any atom is 0.260 e. The predicted molar refractivity (Wildman–Crippen MR) is 116 cm³/mol. The number of hydrogen-bond acceptors (Lipinski definition) is 5. The van der Waals surface area contributed by atoms with Crippen LogP contribution in [0.15, 0.2) is 55.2 Å². The van der Waals surface area contributed by atoms with E-state index in [9.17, 15) is 9.59 Å². The van der Waals surface area contributed by atoms with Crippen LogP contribution in [0.25, 0.3) is 5.65 Å². The van der Waals surface area contributed by atoms with Crippen LogP contribution in [-0.2, 0) is 17.3 Å². The number of anilines is 1. The van der Waals surface area contributed by atoms with Gasteiger partial charge in [-0.3, -0.25) is 9.59 Å². The van der Waals surface area contributed by atoms with Crippen LogP contribution in [0.4, 0.5) is 5.69 Å². The number of benzene rings is 1. The van der Waals surface area contributed by atoms with Gasteiger partial charge in [0.1, 0.15) is 22.8 Å². The minimum atomic E-state index is -0.904. The number of carbonyl (C=O) groups is 2. The van der Waals surface area contributed by atoms with Crippen molar-refractivity contribution in [3.8, 4) is 0 Å². The van der Waals surface area contributed by atoms with Crippen molar-refractivity contribution in [3.05, 3.63) is 77.8 Å². The Morgan fingerprint density at radius 1 is 1.22 bits per heavy atom. The van der Waals surface area contributed by atoms with E-state index in [1.165, 1.54) is 0 Å². The van der Waals surface area contributed by atoms with Gasteiger partial charge in [-0.2, -0.15) is 5.10 Å². The van der Waals surface area contributed by atoms with Crippen molar-refractivity contribution in [1.29, 1.82) is 0 Å². The molecule has 1 N–H and O–H groups in total. The number of rotatable bonds is 2. The maximum atomic E-state index is 13.8. The Kier molecular flexibility index (Phi) is 3.80. The van der Waals surface area contributed by atoms with Gasteiger partial charge in [-0.25, -0.2) is 14.5 Å². The maximum absolute atomic E-state index is 13.8. The first-order valence-electron chi connectivity index (χ1n) is 10.5. The molecule has 32 heavy (non-hydrogen) atoms. The van der Waals surface area contributed by atoms with E-state index >= 15 is 0 Å². The topological polar surface area (TPSA) is 97.4 Å². The molecular weight excluding hydrogens is 406 g/mol. The lowest BCUT2D eigenvalue weighted by Gasteiger charge is -2.33. The second-order valence-electron chi connectivity index (χ2n) is 8.48. The molecule has 2 aliphatic rings. The third kappa shape index (κ3) is 2.36. The number of imidazole rings is 1. The predicted octanol–water partition coefficient (Wildman–Crippen LogP) is 2.25. The Morgan fingerprint density at radius 2 is 2.06 bits per heavy atom. The minimum Gasteiger partial charge on any atom is -0.336 e. The van der Waals surface area contributed by atoms with Gasteiger partial charge < -0.3 is 14.8 Å². The van der Waals surface area contributed by atoms with Crippen LogP contribution in [0, 0.1) is 6.92 Å². The molecule has 6 rings (SSSR count). The van der Waals surface area contributed by atoms with Gasteiger partial charge >= 0.3 is 0 Å². The summed E-state index contributed by atoms with van der Waals surface area (Å²) >= 11 is 0. The minimum absolute atomic E-state index is 0.101. The Balaban J connectivity index is 1.52. The van der Waals surface area contributed by atoms with Gasteiger partial charge in [0.05, 0.1) is 6.20 Å². The summed E-state index contributed by atoms with van der Waals surface area (Å²) in [6.07, 6.45) is 9.14. The Labute approximate surface area is 183 Å². The van der Waals surface area contributed by atoms with Crippen LogP contribution in [0.1, 0.15) is 39.8 Å². The number of carbonyl (C=O) groups excluding carboxylic acids is 2. The normalized spacial score (nSPS) is 22.0. The molecule has 2 aliphatic heterocycles. The second-order valence-corrected chi connectivity index (χ2v) is 8.48. The number of aryl methyl sites for hydroxylation is 2. The zero-order valence-electron chi connectivity index (χ0n) is 17.7. The van der Waals surface area contributed by atoms with E-state index in [1.54, 1.807) is 28.0 Å². The Bertz CT molecular complexity index is 1400. The van der Waals surface area contributed by atoms with E-state index in [4.69, 9.17) is 0 Å². The lowest BCUT2D eigenvalue weighted by molar-refractivity contribution is -0.121. The molecule has 1 spiro atoms. The lowest BCUT2D eigenvalue weighted by Crippen LogP contribution is -2.43. The van der Waals surface area contributed by atoms with Crippen LogP contribution < -0.4 is 5.32 Å². The highest BCUT2D eigenvalue weighted by atomic mass is 16.2. The van der Waals surface area contributed by atoms with Crippen LogP contribution in [0.5, 0.6) is 0 Å². The van der Waals surface area contributed by atoms with Gasteiger partial charge in [0, 0.05) is 44.1 Å². The van der Waals surface area contributed by atoms with Gasteiger partial charge in [0.25, 0.3) is 5.91 Å². The molecule has 0 saturated carbocycles. The monoisotopic (exact) mass is 427 g/mol. The Morgan fingerprint density at radius 3 is 2.88 bits per heavy atom. The summed E-state index contributed by atoms with van der Waals surface area (Å²) in [4.78, 5) is 38.1. The van der Waals surface area contributed by atoms with E-state index in [2.05, 4.69) is 20.4 Å². The molecule has 0 unspecified atom stereocenters. The van der Waals surface area contributed by atoms with Gasteiger partial charge in [0.2, 0.25) is 5.91 Å². The van der Waals surface area contributed by atoms with Crippen LogP contribution in [0.3, 0.4) is 0 Å². The summed E-state index contributed by atoms with van der Waals surface area (Å²) in [5, 5.41) is 7.35. The van der Waals surface area contributed by atoms with E-state index < -0.39 is 11.5 Å². The fraction of sp³-hybridized carbons (Fsp3) is 0.261. The van der Waals surface area contributed by atoms with Crippen molar-refractivity contribution < 1.29 is 9.59 Å². The number of hydrogen-bond donors (Lipinski definition) is 1. The number of para-hydroxylation sites is 1. The number of aromatic nitrogens is 5.